The second-order valence-corrected chi connectivity index (χ2v) is 8.61. The molecule has 4 rings (SSSR count). The first-order valence-electron chi connectivity index (χ1n) is 9.61. The highest BCUT2D eigenvalue weighted by Gasteiger charge is 2.22. The summed E-state index contributed by atoms with van der Waals surface area (Å²) in [7, 11) is 1.56. The quantitative estimate of drug-likeness (QED) is 0.284. The number of benzene rings is 2. The minimum atomic E-state index is -0.373. The van der Waals surface area contributed by atoms with Crippen molar-refractivity contribution in [2.75, 3.05) is 12.4 Å². The summed E-state index contributed by atoms with van der Waals surface area (Å²) in [5, 5.41) is 12.0. The maximum Gasteiger partial charge on any atom is 0.278 e. The number of carbonyl (C=O) groups excluding carboxylic acids is 1. The number of anilines is 1. The molecule has 0 saturated carbocycles. The van der Waals surface area contributed by atoms with Gasteiger partial charge < -0.3 is 10.1 Å². The number of hydrogen-bond acceptors (Lipinski definition) is 7. The molecule has 0 fully saturated rings. The van der Waals surface area contributed by atoms with Crippen LogP contribution < -0.4 is 10.1 Å². The number of methoxy groups -OCH3 is 1. The predicted molar refractivity (Wildman–Crippen MR) is 126 cm³/mol. The van der Waals surface area contributed by atoms with Crippen molar-refractivity contribution in [3.63, 3.8) is 0 Å². The van der Waals surface area contributed by atoms with Crippen LogP contribution in [0.1, 0.15) is 21.7 Å². The van der Waals surface area contributed by atoms with Gasteiger partial charge in [-0.15, -0.1) is 5.10 Å². The molecule has 0 aliphatic carbocycles. The lowest BCUT2D eigenvalue weighted by atomic mass is 10.2. The van der Waals surface area contributed by atoms with E-state index in [9.17, 15) is 4.79 Å². The zero-order valence-electron chi connectivity index (χ0n) is 17.3. The molecule has 2 aromatic heterocycles. The highest BCUT2D eigenvalue weighted by molar-refractivity contribution is 9.10. The smallest absolute Gasteiger partial charge is 0.278 e. The van der Waals surface area contributed by atoms with E-state index in [0.717, 1.165) is 15.7 Å². The Morgan fingerprint density at radius 3 is 2.62 bits per heavy atom. The van der Waals surface area contributed by atoms with E-state index in [1.54, 1.807) is 30.3 Å². The minimum Gasteiger partial charge on any atom is -0.495 e. The molecule has 0 atom stereocenters. The standard InChI is InChI=1S/C22H19BrN6O2S/c1-14-4-9-19(31-2)17(12-14)26-21(30)20-18(13-32-22-24-10-3-11-25-22)29(28-27-20)16-7-5-15(23)6-8-16/h3-12H,13H2,1-2H3,(H,26,30). The average molecular weight is 511 g/mol. The number of nitrogens with zero attached hydrogens (tertiary/aromatic N) is 5. The molecule has 4 aromatic rings. The van der Waals surface area contributed by atoms with Gasteiger partial charge in [0.15, 0.2) is 10.9 Å². The molecule has 32 heavy (non-hydrogen) atoms. The van der Waals surface area contributed by atoms with E-state index >= 15 is 0 Å². The van der Waals surface area contributed by atoms with Crippen molar-refractivity contribution in [1.82, 2.24) is 25.0 Å². The first-order valence-corrected chi connectivity index (χ1v) is 11.4. The molecule has 0 bridgehead atoms. The van der Waals surface area contributed by atoms with Crippen LogP contribution in [0.4, 0.5) is 5.69 Å². The van der Waals surface area contributed by atoms with Crippen LogP contribution in [-0.4, -0.2) is 38.0 Å². The van der Waals surface area contributed by atoms with Gasteiger partial charge in [-0.2, -0.15) is 0 Å². The van der Waals surface area contributed by atoms with Crippen molar-refractivity contribution < 1.29 is 9.53 Å². The zero-order chi connectivity index (χ0) is 22.5. The van der Waals surface area contributed by atoms with Crippen molar-refractivity contribution >= 4 is 39.3 Å². The van der Waals surface area contributed by atoms with Crippen LogP contribution in [0, 0.1) is 6.92 Å². The number of amides is 1. The Hall–Kier alpha value is -3.24. The van der Waals surface area contributed by atoms with Crippen molar-refractivity contribution in [3.05, 3.63) is 82.3 Å². The van der Waals surface area contributed by atoms with Gasteiger partial charge >= 0.3 is 0 Å². The van der Waals surface area contributed by atoms with Gasteiger partial charge in [0, 0.05) is 22.6 Å². The summed E-state index contributed by atoms with van der Waals surface area (Å²) in [5.74, 6) is 0.598. The zero-order valence-corrected chi connectivity index (χ0v) is 19.7. The summed E-state index contributed by atoms with van der Waals surface area (Å²) in [6, 6.07) is 15.0. The Labute approximate surface area is 197 Å². The number of aromatic nitrogens is 5. The Balaban J connectivity index is 1.68. The maximum absolute atomic E-state index is 13.2. The van der Waals surface area contributed by atoms with Crippen molar-refractivity contribution in [3.8, 4) is 11.4 Å². The summed E-state index contributed by atoms with van der Waals surface area (Å²) in [6.07, 6.45) is 3.36. The molecule has 1 amide bonds. The number of rotatable bonds is 7. The maximum atomic E-state index is 13.2. The molecule has 162 valence electrons. The van der Waals surface area contributed by atoms with E-state index in [0.29, 0.717) is 28.0 Å². The fourth-order valence-electron chi connectivity index (χ4n) is 2.99. The summed E-state index contributed by atoms with van der Waals surface area (Å²) < 4.78 is 7.98. The van der Waals surface area contributed by atoms with Gasteiger partial charge in [-0.3, -0.25) is 4.79 Å². The molecule has 2 heterocycles. The van der Waals surface area contributed by atoms with Gasteiger partial charge in [0.05, 0.1) is 24.2 Å². The average Bonchev–Trinajstić information content (AvgIpc) is 3.23. The number of nitrogens with one attached hydrogen (secondary N) is 1. The van der Waals surface area contributed by atoms with Gasteiger partial charge in [0.25, 0.3) is 5.91 Å². The van der Waals surface area contributed by atoms with Crippen LogP contribution in [0.5, 0.6) is 5.75 Å². The predicted octanol–water partition coefficient (Wildman–Crippen LogP) is 4.68. The number of hydrogen-bond donors (Lipinski definition) is 1. The number of aryl methyl sites for hydroxylation is 1. The second-order valence-electron chi connectivity index (χ2n) is 6.75. The number of halogens is 1. The Kier molecular flexibility index (Phi) is 6.81. The van der Waals surface area contributed by atoms with Crippen LogP contribution >= 0.6 is 27.7 Å². The molecular formula is C22H19BrN6O2S. The van der Waals surface area contributed by atoms with Crippen LogP contribution in [0.25, 0.3) is 5.69 Å². The molecule has 8 nitrogen and oxygen atoms in total. The third kappa shape index (κ3) is 4.97. The summed E-state index contributed by atoms with van der Waals surface area (Å²) in [6.45, 7) is 1.95. The molecule has 0 spiro atoms. The van der Waals surface area contributed by atoms with E-state index in [4.69, 9.17) is 4.74 Å². The molecule has 0 saturated heterocycles. The van der Waals surface area contributed by atoms with Crippen LogP contribution in [0.3, 0.4) is 0 Å². The lowest BCUT2D eigenvalue weighted by molar-refractivity contribution is 0.102. The van der Waals surface area contributed by atoms with E-state index in [2.05, 4.69) is 41.5 Å². The lowest BCUT2D eigenvalue weighted by Gasteiger charge is -2.11. The third-order valence-corrected chi connectivity index (χ3v) is 5.95. The van der Waals surface area contributed by atoms with Crippen LogP contribution in [0.2, 0.25) is 0 Å². The number of carbonyl (C=O) groups is 1. The highest BCUT2D eigenvalue weighted by atomic mass is 79.9. The summed E-state index contributed by atoms with van der Waals surface area (Å²) >= 11 is 4.84. The van der Waals surface area contributed by atoms with Crippen molar-refractivity contribution in [1.29, 1.82) is 0 Å². The van der Waals surface area contributed by atoms with E-state index in [1.807, 2.05) is 49.4 Å². The first-order chi connectivity index (χ1) is 15.5. The molecular weight excluding hydrogens is 492 g/mol. The van der Waals surface area contributed by atoms with E-state index in [-0.39, 0.29) is 11.6 Å². The van der Waals surface area contributed by atoms with Gasteiger partial charge in [0.2, 0.25) is 0 Å². The topological polar surface area (TPSA) is 94.8 Å². The molecule has 0 radical (unpaired) electrons. The number of thioether (sulfide) groups is 1. The SMILES string of the molecule is COc1ccc(C)cc1NC(=O)c1nnn(-c2ccc(Br)cc2)c1CSc1ncccn1. The second kappa shape index (κ2) is 9.92. The van der Waals surface area contributed by atoms with E-state index in [1.165, 1.54) is 11.8 Å². The van der Waals surface area contributed by atoms with E-state index < -0.39 is 0 Å². The largest absolute Gasteiger partial charge is 0.495 e. The fraction of sp³-hybridized carbons (Fsp3) is 0.136. The monoisotopic (exact) mass is 510 g/mol. The third-order valence-electron chi connectivity index (χ3n) is 4.53. The van der Waals surface area contributed by atoms with Crippen LogP contribution in [-0.2, 0) is 5.75 Å². The number of ether oxygens (including phenoxy) is 1. The Morgan fingerprint density at radius 2 is 1.91 bits per heavy atom. The van der Waals surface area contributed by atoms with Crippen molar-refractivity contribution in [2.45, 2.75) is 17.8 Å². The van der Waals surface area contributed by atoms with Crippen LogP contribution in [0.15, 0.2) is 70.6 Å². The van der Waals surface area contributed by atoms with Gasteiger partial charge in [-0.05, 0) is 55.0 Å². The van der Waals surface area contributed by atoms with Gasteiger partial charge in [-0.1, -0.05) is 39.0 Å². The minimum absolute atomic E-state index is 0.222. The first kappa shape index (κ1) is 22.0. The van der Waals surface area contributed by atoms with Crippen molar-refractivity contribution in [2.24, 2.45) is 0 Å². The fourth-order valence-corrected chi connectivity index (χ4v) is 4.05. The molecule has 0 aliphatic rings. The molecule has 0 unspecified atom stereocenters. The Bertz CT molecular complexity index is 1230. The van der Waals surface area contributed by atoms with Gasteiger partial charge in [0.1, 0.15) is 5.75 Å². The molecule has 0 aliphatic heterocycles. The lowest BCUT2D eigenvalue weighted by Crippen LogP contribution is -2.16. The normalized spacial score (nSPS) is 10.7. The Morgan fingerprint density at radius 1 is 1.16 bits per heavy atom. The molecule has 2 aromatic carbocycles. The summed E-state index contributed by atoms with van der Waals surface area (Å²) in [5.41, 5.74) is 3.21. The molecule has 10 heteroatoms. The van der Waals surface area contributed by atoms with Gasteiger partial charge in [-0.25, -0.2) is 14.6 Å². The highest BCUT2D eigenvalue weighted by Crippen LogP contribution is 2.28. The molecule has 1 N–H and O–H groups in total. The summed E-state index contributed by atoms with van der Waals surface area (Å²) in [4.78, 5) is 21.7.